The molecule has 3 N–H and O–H groups in total. The van der Waals surface area contributed by atoms with Crippen LogP contribution in [0.5, 0.6) is 0 Å². The summed E-state index contributed by atoms with van der Waals surface area (Å²) in [6.45, 7) is 8.54. The van der Waals surface area contributed by atoms with Crippen molar-refractivity contribution in [1.82, 2.24) is 0 Å². The summed E-state index contributed by atoms with van der Waals surface area (Å²) in [4.78, 5) is 11.1. The summed E-state index contributed by atoms with van der Waals surface area (Å²) in [5, 5.41) is 31.4. The van der Waals surface area contributed by atoms with Crippen LogP contribution in [0.3, 0.4) is 0 Å². The van der Waals surface area contributed by atoms with Crippen LogP contribution in [0.25, 0.3) is 0 Å². The highest BCUT2D eigenvalue weighted by Crippen LogP contribution is 2.69. The van der Waals surface area contributed by atoms with E-state index in [1.165, 1.54) is 0 Å². The Morgan fingerprint density at radius 1 is 1.07 bits per heavy atom. The van der Waals surface area contributed by atoms with Crippen molar-refractivity contribution in [2.24, 2.45) is 52.3 Å². The highest BCUT2D eigenvalue weighted by atomic mass is 16.4. The number of aliphatic hydroxyl groups is 2. The van der Waals surface area contributed by atoms with Gasteiger partial charge < -0.3 is 15.3 Å². The molecule has 0 heterocycles. The lowest BCUT2D eigenvalue weighted by Crippen LogP contribution is -2.62. The van der Waals surface area contributed by atoms with Crippen LogP contribution in [-0.4, -0.2) is 33.5 Å². The van der Waals surface area contributed by atoms with Crippen molar-refractivity contribution >= 4 is 5.97 Å². The summed E-state index contributed by atoms with van der Waals surface area (Å²) in [5.74, 6) is 0.489. The monoisotopic (exact) mass is 422 g/mol. The maximum absolute atomic E-state index is 11.8. The molecule has 4 aliphatic carbocycles. The van der Waals surface area contributed by atoms with Crippen molar-refractivity contribution in [3.8, 4) is 0 Å². The normalized spacial score (nSPS) is 53.0. The van der Waals surface area contributed by atoms with Gasteiger partial charge in [0.05, 0.1) is 12.2 Å². The van der Waals surface area contributed by atoms with E-state index < -0.39 is 24.4 Å². The van der Waals surface area contributed by atoms with E-state index in [4.69, 9.17) is 7.85 Å². The van der Waals surface area contributed by atoms with Crippen LogP contribution in [0.4, 0.5) is 0 Å². The first kappa shape index (κ1) is 20.0. The van der Waals surface area contributed by atoms with Crippen LogP contribution >= 0.6 is 0 Å². The molecule has 30 heavy (non-hydrogen) atoms. The fourth-order valence-corrected chi connectivity index (χ4v) is 9.18. The van der Waals surface area contributed by atoms with Gasteiger partial charge in [0.25, 0.3) is 0 Å². The van der Waals surface area contributed by atoms with Crippen LogP contribution in [0, 0.1) is 52.3 Å². The number of hydrogen-bond acceptors (Lipinski definition) is 3. The molecule has 0 aliphatic heterocycles. The van der Waals surface area contributed by atoms with E-state index in [2.05, 4.69) is 20.8 Å². The summed E-state index contributed by atoms with van der Waals surface area (Å²) in [6, 6.07) is 0. The van der Waals surface area contributed by atoms with Crippen molar-refractivity contribution in [3.63, 3.8) is 0 Å². The molecule has 0 bridgehead atoms. The number of carboxylic acids is 1. The number of carbonyl (C=O) groups is 1. The Hall–Kier alpha value is -0.610. The number of aliphatic hydroxyl groups excluding tert-OH is 2. The van der Waals surface area contributed by atoms with E-state index in [1.54, 1.807) is 6.92 Å². The number of rotatable bonds is 5. The van der Waals surface area contributed by atoms with Gasteiger partial charge in [-0.05, 0) is 104 Å². The van der Waals surface area contributed by atoms with E-state index in [9.17, 15) is 15.0 Å². The van der Waals surface area contributed by atoms with E-state index >= 15 is 0 Å². The maximum atomic E-state index is 11.8. The largest absolute Gasteiger partial charge is 0.481 e. The average Bonchev–Trinajstić information content (AvgIpc) is 3.03. The minimum absolute atomic E-state index is 0.0125. The average molecular weight is 423 g/mol. The molecule has 11 atom stereocenters. The van der Waals surface area contributed by atoms with Gasteiger partial charge in [-0.25, -0.2) is 0 Å². The molecule has 0 unspecified atom stereocenters. The SMILES string of the molecule is [2H]C([2H])(C)[C@H]1[C@@H](O)[C@@H]2[C@H](CC[C@]3(C)[C@@H]([C@H](C)CCC(=O)O)CC[C@@H]23)[C@@]2(C)CC[C@@H](O)C[C@@H]12. The number of carboxylic acid groups (broad SMARTS) is 1. The highest BCUT2D eigenvalue weighted by Gasteiger charge is 2.64. The van der Waals surface area contributed by atoms with Crippen molar-refractivity contribution in [1.29, 1.82) is 0 Å². The van der Waals surface area contributed by atoms with Crippen LogP contribution in [-0.2, 0) is 4.79 Å². The molecule has 0 amide bonds. The molecule has 4 nitrogen and oxygen atoms in total. The molecule has 4 aliphatic rings. The molecule has 0 aromatic heterocycles. The topological polar surface area (TPSA) is 77.8 Å². The molecule has 4 fully saturated rings. The third-order valence-corrected chi connectivity index (χ3v) is 10.7. The minimum Gasteiger partial charge on any atom is -0.481 e. The lowest BCUT2D eigenvalue weighted by molar-refractivity contribution is -0.203. The fourth-order valence-electron chi connectivity index (χ4n) is 9.18. The summed E-state index contributed by atoms with van der Waals surface area (Å²) in [7, 11) is 0. The van der Waals surface area contributed by atoms with Crippen LogP contribution in [0.15, 0.2) is 0 Å². The molecule has 4 heteroatoms. The number of aliphatic carboxylic acids is 1. The van der Waals surface area contributed by atoms with E-state index in [0.29, 0.717) is 36.5 Å². The zero-order valence-electron chi connectivity index (χ0n) is 21.3. The smallest absolute Gasteiger partial charge is 0.303 e. The van der Waals surface area contributed by atoms with E-state index in [0.717, 1.165) is 38.5 Å². The van der Waals surface area contributed by atoms with Gasteiger partial charge in [0.1, 0.15) is 0 Å². The summed E-state index contributed by atoms with van der Waals surface area (Å²) in [6.07, 6.45) is 4.97. The van der Waals surface area contributed by atoms with Gasteiger partial charge in [-0.1, -0.05) is 34.1 Å². The predicted octanol–water partition coefficient (Wildman–Crippen LogP) is 5.11. The second-order valence-electron chi connectivity index (χ2n) is 11.8. The van der Waals surface area contributed by atoms with Gasteiger partial charge in [-0.2, -0.15) is 0 Å². The van der Waals surface area contributed by atoms with Gasteiger partial charge in [0.15, 0.2) is 0 Å². The van der Waals surface area contributed by atoms with Crippen molar-refractivity contribution < 1.29 is 22.9 Å². The second-order valence-corrected chi connectivity index (χ2v) is 11.8. The minimum atomic E-state index is -1.49. The molecule has 172 valence electrons. The molecular weight excluding hydrogens is 376 g/mol. The Morgan fingerprint density at radius 3 is 2.40 bits per heavy atom. The van der Waals surface area contributed by atoms with Crippen LogP contribution < -0.4 is 0 Å². The van der Waals surface area contributed by atoms with E-state index in [-0.39, 0.29) is 35.2 Å². The van der Waals surface area contributed by atoms with Crippen LogP contribution in [0.2, 0.25) is 0 Å². The van der Waals surface area contributed by atoms with Gasteiger partial charge >= 0.3 is 5.97 Å². The molecule has 0 radical (unpaired) electrons. The van der Waals surface area contributed by atoms with Crippen molar-refractivity contribution in [3.05, 3.63) is 0 Å². The molecule has 0 saturated heterocycles. The standard InChI is InChI=1S/C26H44O4/c1-5-17-21-14-16(27)10-12-26(21,4)20-11-13-25(3)18(15(2)6-9-22(28)29)7-8-19(25)23(20)24(17)30/h15-21,23-24,27,30H,5-14H2,1-4H3,(H,28,29)/t15-,16-,17-,18-,19+,20+,21+,23+,24-,25-,26-/m1/s1/i5D2. The second kappa shape index (κ2) is 8.06. The summed E-state index contributed by atoms with van der Waals surface area (Å²) >= 11 is 0. The third kappa shape index (κ3) is 3.36. The van der Waals surface area contributed by atoms with Gasteiger partial charge in [0, 0.05) is 9.16 Å². The number of hydrogen-bond donors (Lipinski definition) is 3. The third-order valence-electron chi connectivity index (χ3n) is 10.7. The zero-order valence-corrected chi connectivity index (χ0v) is 19.3. The van der Waals surface area contributed by atoms with Gasteiger partial charge in [0.2, 0.25) is 0 Å². The Kier molecular flexibility index (Phi) is 5.38. The quantitative estimate of drug-likeness (QED) is 0.575. The van der Waals surface area contributed by atoms with Crippen molar-refractivity contribution in [2.45, 2.75) is 104 Å². The first-order valence-corrected chi connectivity index (χ1v) is 12.4. The first-order valence-electron chi connectivity index (χ1n) is 13.4. The Balaban J connectivity index is 1.67. The summed E-state index contributed by atoms with van der Waals surface area (Å²) in [5.41, 5.74) is 0.0495. The van der Waals surface area contributed by atoms with Gasteiger partial charge in [-0.15, -0.1) is 0 Å². The predicted molar refractivity (Wildman–Crippen MR) is 118 cm³/mol. The molecule has 0 aromatic rings. The maximum Gasteiger partial charge on any atom is 0.303 e. The molecule has 0 spiro atoms. The zero-order chi connectivity index (χ0) is 23.6. The molecule has 0 aromatic carbocycles. The Morgan fingerprint density at radius 2 is 1.73 bits per heavy atom. The first-order chi connectivity index (χ1) is 14.8. The molecular formula is C26H44O4. The van der Waals surface area contributed by atoms with E-state index in [1.807, 2.05) is 0 Å². The molecule has 4 saturated carbocycles. The fraction of sp³-hybridized carbons (Fsp3) is 0.962. The lowest BCUT2D eigenvalue weighted by atomic mass is 9.41. The highest BCUT2D eigenvalue weighted by molar-refractivity contribution is 5.66. The van der Waals surface area contributed by atoms with Crippen molar-refractivity contribution in [2.75, 3.05) is 0 Å². The lowest BCUT2D eigenvalue weighted by Gasteiger charge is -2.64. The Labute approximate surface area is 185 Å². The van der Waals surface area contributed by atoms with Crippen LogP contribution in [0.1, 0.15) is 94.6 Å². The molecule has 4 rings (SSSR count). The number of fused-ring (bicyclic) bond motifs is 5. The Bertz CT molecular complexity index is 723. The van der Waals surface area contributed by atoms with Gasteiger partial charge in [-0.3, -0.25) is 4.79 Å². The summed E-state index contributed by atoms with van der Waals surface area (Å²) < 4.78 is 17.3.